The fraction of sp³-hybridized carbons (Fsp3) is 0.174. The Hall–Kier alpha value is -3.72. The molecule has 1 N–H and O–H groups in total. The molecular formula is C23H23N5O3S. The number of imidazole rings is 1. The van der Waals surface area contributed by atoms with Crippen molar-refractivity contribution in [2.24, 2.45) is 0 Å². The first kappa shape index (κ1) is 21.5. The Morgan fingerprint density at radius 3 is 2.22 bits per heavy atom. The van der Waals surface area contributed by atoms with Gasteiger partial charge in [-0.3, -0.25) is 9.29 Å². The third kappa shape index (κ3) is 4.47. The highest BCUT2D eigenvalue weighted by atomic mass is 32.2. The highest BCUT2D eigenvalue weighted by molar-refractivity contribution is 7.92. The van der Waals surface area contributed by atoms with E-state index in [0.29, 0.717) is 39.2 Å². The lowest BCUT2D eigenvalue weighted by atomic mass is 10.1. The van der Waals surface area contributed by atoms with E-state index in [1.165, 1.54) is 6.33 Å². The summed E-state index contributed by atoms with van der Waals surface area (Å²) < 4.78 is 36.2. The first-order valence-corrected chi connectivity index (χ1v) is 11.4. The Morgan fingerprint density at radius 2 is 1.59 bits per heavy atom. The van der Waals surface area contributed by atoms with Gasteiger partial charge in [-0.15, -0.1) is 0 Å². The lowest BCUT2D eigenvalue weighted by molar-refractivity contribution is 0.461. The van der Waals surface area contributed by atoms with E-state index in [9.17, 15) is 8.42 Å². The van der Waals surface area contributed by atoms with Gasteiger partial charge in [-0.05, 0) is 63.1 Å². The first-order valence-electron chi connectivity index (χ1n) is 9.94. The minimum absolute atomic E-state index is 0.298. The van der Waals surface area contributed by atoms with Gasteiger partial charge >= 0.3 is 0 Å². The maximum atomic E-state index is 12.9. The minimum atomic E-state index is -3.72. The Bertz CT molecular complexity index is 1360. The topological polar surface area (TPSA) is 99.0 Å². The van der Waals surface area contributed by atoms with Gasteiger partial charge in [0.1, 0.15) is 23.7 Å². The van der Waals surface area contributed by atoms with Crippen LogP contribution in [0.3, 0.4) is 0 Å². The molecule has 0 amide bonds. The first-order chi connectivity index (χ1) is 15.2. The molecule has 9 heteroatoms. The SMILES string of the molecule is Cc1cc(C)c(S(=O)(=O)Nc2ccc(Oc3cc(-n4ccnc4C)ncn3)cc2)c(C)c1. The predicted molar refractivity (Wildman–Crippen MR) is 122 cm³/mol. The van der Waals surface area contributed by atoms with E-state index in [1.807, 2.05) is 30.5 Å². The van der Waals surface area contributed by atoms with Crippen LogP contribution in [0.4, 0.5) is 5.69 Å². The zero-order valence-electron chi connectivity index (χ0n) is 18.2. The molecule has 2 aromatic heterocycles. The highest BCUT2D eigenvalue weighted by Gasteiger charge is 2.20. The van der Waals surface area contributed by atoms with Gasteiger partial charge in [-0.1, -0.05) is 17.7 Å². The summed E-state index contributed by atoms with van der Waals surface area (Å²) in [5, 5.41) is 0. The van der Waals surface area contributed by atoms with Gasteiger partial charge in [0, 0.05) is 24.1 Å². The van der Waals surface area contributed by atoms with Crippen molar-refractivity contribution in [2.75, 3.05) is 4.72 Å². The van der Waals surface area contributed by atoms with Crippen LogP contribution >= 0.6 is 0 Å². The van der Waals surface area contributed by atoms with Crippen molar-refractivity contribution < 1.29 is 13.2 Å². The molecule has 0 aliphatic carbocycles. The van der Waals surface area contributed by atoms with E-state index >= 15 is 0 Å². The molecule has 0 bridgehead atoms. The summed E-state index contributed by atoms with van der Waals surface area (Å²) in [6.45, 7) is 7.42. The largest absolute Gasteiger partial charge is 0.439 e. The molecule has 0 saturated carbocycles. The van der Waals surface area contributed by atoms with Crippen LogP contribution < -0.4 is 9.46 Å². The second kappa shape index (κ2) is 8.43. The fourth-order valence-electron chi connectivity index (χ4n) is 3.65. The number of hydrogen-bond donors (Lipinski definition) is 1. The van der Waals surface area contributed by atoms with Crippen LogP contribution in [0.25, 0.3) is 5.82 Å². The summed E-state index contributed by atoms with van der Waals surface area (Å²) in [6.07, 6.45) is 4.91. The van der Waals surface area contributed by atoms with E-state index in [-0.39, 0.29) is 0 Å². The van der Waals surface area contributed by atoms with Crippen molar-refractivity contribution >= 4 is 15.7 Å². The number of rotatable bonds is 6. The molecule has 0 unspecified atom stereocenters. The van der Waals surface area contributed by atoms with Gasteiger partial charge in [0.25, 0.3) is 10.0 Å². The zero-order chi connectivity index (χ0) is 22.9. The van der Waals surface area contributed by atoms with Crippen molar-refractivity contribution in [2.45, 2.75) is 32.6 Å². The molecular weight excluding hydrogens is 426 g/mol. The number of hydrogen-bond acceptors (Lipinski definition) is 6. The zero-order valence-corrected chi connectivity index (χ0v) is 19.0. The Balaban J connectivity index is 1.51. The summed E-state index contributed by atoms with van der Waals surface area (Å²) in [4.78, 5) is 12.9. The van der Waals surface area contributed by atoms with Crippen molar-refractivity contribution in [3.63, 3.8) is 0 Å². The van der Waals surface area contributed by atoms with E-state index in [1.54, 1.807) is 56.6 Å². The maximum Gasteiger partial charge on any atom is 0.262 e. The van der Waals surface area contributed by atoms with Crippen LogP contribution in [-0.2, 0) is 10.0 Å². The standard InChI is InChI=1S/C23H23N5O3S/c1-15-11-16(2)23(17(3)12-15)32(29,30)27-19-5-7-20(8-6-19)31-22-13-21(25-14-26-22)28-10-9-24-18(28)4/h5-14,27H,1-4H3. The predicted octanol–water partition coefficient (Wildman–Crippen LogP) is 4.49. The van der Waals surface area contributed by atoms with Crippen LogP contribution in [0.15, 0.2) is 66.1 Å². The van der Waals surface area contributed by atoms with Crippen LogP contribution in [-0.4, -0.2) is 27.9 Å². The number of nitrogens with zero attached hydrogens (tertiary/aromatic N) is 4. The van der Waals surface area contributed by atoms with Gasteiger partial charge in [-0.2, -0.15) is 0 Å². The van der Waals surface area contributed by atoms with E-state index < -0.39 is 10.0 Å². The summed E-state index contributed by atoms with van der Waals surface area (Å²) in [5.41, 5.74) is 2.89. The molecule has 0 aliphatic heterocycles. The van der Waals surface area contributed by atoms with Crippen molar-refractivity contribution in [3.8, 4) is 17.4 Å². The quantitative estimate of drug-likeness (QED) is 0.466. The molecule has 164 valence electrons. The maximum absolute atomic E-state index is 12.9. The monoisotopic (exact) mass is 449 g/mol. The molecule has 0 atom stereocenters. The number of anilines is 1. The number of aromatic nitrogens is 4. The fourth-order valence-corrected chi connectivity index (χ4v) is 5.16. The molecule has 0 radical (unpaired) electrons. The highest BCUT2D eigenvalue weighted by Crippen LogP contribution is 2.26. The van der Waals surface area contributed by atoms with Gasteiger partial charge < -0.3 is 4.74 Å². The second-order valence-electron chi connectivity index (χ2n) is 7.52. The Kier molecular flexibility index (Phi) is 5.67. The van der Waals surface area contributed by atoms with Gasteiger partial charge in [0.2, 0.25) is 5.88 Å². The summed E-state index contributed by atoms with van der Waals surface area (Å²) in [5.74, 6) is 2.31. The van der Waals surface area contributed by atoms with Crippen molar-refractivity contribution in [1.29, 1.82) is 0 Å². The lowest BCUT2D eigenvalue weighted by Gasteiger charge is -2.14. The summed E-state index contributed by atoms with van der Waals surface area (Å²) >= 11 is 0. The Labute approximate surface area is 187 Å². The van der Waals surface area contributed by atoms with Crippen molar-refractivity contribution in [3.05, 3.63) is 83.7 Å². The number of aryl methyl sites for hydroxylation is 4. The van der Waals surface area contributed by atoms with Gasteiger partial charge in [0.05, 0.1) is 4.90 Å². The molecule has 0 spiro atoms. The number of benzene rings is 2. The molecule has 0 fully saturated rings. The van der Waals surface area contributed by atoms with Crippen LogP contribution in [0.1, 0.15) is 22.5 Å². The van der Waals surface area contributed by atoms with Crippen LogP contribution in [0.5, 0.6) is 11.6 Å². The van der Waals surface area contributed by atoms with Gasteiger partial charge in [0.15, 0.2) is 0 Å². The molecule has 4 rings (SSSR count). The molecule has 2 aromatic carbocycles. The number of ether oxygens (including phenoxy) is 1. The summed E-state index contributed by atoms with van der Waals surface area (Å²) in [6, 6.07) is 12.1. The van der Waals surface area contributed by atoms with Crippen LogP contribution in [0.2, 0.25) is 0 Å². The molecule has 0 aliphatic rings. The normalized spacial score (nSPS) is 11.4. The van der Waals surface area contributed by atoms with E-state index in [2.05, 4.69) is 19.7 Å². The van der Waals surface area contributed by atoms with Crippen LogP contribution in [0, 0.1) is 27.7 Å². The molecule has 32 heavy (non-hydrogen) atoms. The van der Waals surface area contributed by atoms with E-state index in [0.717, 1.165) is 11.4 Å². The smallest absolute Gasteiger partial charge is 0.262 e. The molecule has 2 heterocycles. The van der Waals surface area contributed by atoms with E-state index in [4.69, 9.17) is 4.74 Å². The molecule has 4 aromatic rings. The Morgan fingerprint density at radius 1 is 0.906 bits per heavy atom. The van der Waals surface area contributed by atoms with Gasteiger partial charge in [-0.25, -0.2) is 23.4 Å². The average molecular weight is 450 g/mol. The molecule has 0 saturated heterocycles. The third-order valence-electron chi connectivity index (χ3n) is 4.90. The number of nitrogens with one attached hydrogen (secondary N) is 1. The minimum Gasteiger partial charge on any atom is -0.439 e. The molecule has 8 nitrogen and oxygen atoms in total. The van der Waals surface area contributed by atoms with Crippen molar-refractivity contribution in [1.82, 2.24) is 19.5 Å². The number of sulfonamides is 1. The lowest BCUT2D eigenvalue weighted by Crippen LogP contribution is -2.15. The third-order valence-corrected chi connectivity index (χ3v) is 6.59. The second-order valence-corrected chi connectivity index (χ2v) is 9.14. The average Bonchev–Trinajstić information content (AvgIpc) is 3.14. The summed E-state index contributed by atoms with van der Waals surface area (Å²) in [7, 11) is -3.72.